The highest BCUT2D eigenvalue weighted by molar-refractivity contribution is 6.02. The van der Waals surface area contributed by atoms with Crippen LogP contribution in [-0.4, -0.2) is 37.4 Å². The second-order valence-electron chi connectivity index (χ2n) is 6.23. The van der Waals surface area contributed by atoms with Crippen LogP contribution in [-0.2, 0) is 9.53 Å². The number of carbonyl (C=O) groups is 3. The zero-order chi connectivity index (χ0) is 20.0. The Morgan fingerprint density at radius 1 is 1.04 bits per heavy atom. The summed E-state index contributed by atoms with van der Waals surface area (Å²) in [6.07, 6.45) is -0.934. The first-order chi connectivity index (χ1) is 12.8. The van der Waals surface area contributed by atoms with E-state index in [9.17, 15) is 14.4 Å². The van der Waals surface area contributed by atoms with Crippen LogP contribution in [0.2, 0.25) is 0 Å². The summed E-state index contributed by atoms with van der Waals surface area (Å²) in [5.41, 5.74) is 2.69. The number of nitrogens with one attached hydrogen (secondary N) is 1. The fourth-order valence-corrected chi connectivity index (χ4v) is 2.51. The van der Waals surface area contributed by atoms with Crippen molar-refractivity contribution in [2.45, 2.75) is 26.9 Å². The average Bonchev–Trinajstić information content (AvgIpc) is 2.67. The molecule has 1 N–H and O–H groups in total. The molecule has 6 heteroatoms. The largest absolute Gasteiger partial charge is 0.497 e. The lowest BCUT2D eigenvalue weighted by atomic mass is 9.99. The Hall–Kier alpha value is -3.15. The van der Waals surface area contributed by atoms with E-state index in [0.29, 0.717) is 16.9 Å². The van der Waals surface area contributed by atoms with Gasteiger partial charge in [-0.15, -0.1) is 0 Å². The van der Waals surface area contributed by atoms with Crippen LogP contribution in [0.4, 0.5) is 0 Å². The molecule has 2 aromatic carbocycles. The molecule has 0 saturated heterocycles. The second-order valence-corrected chi connectivity index (χ2v) is 6.23. The number of aryl methyl sites for hydroxylation is 2. The smallest absolute Gasteiger partial charge is 0.326 e. The number of hydrogen-bond donors (Lipinski definition) is 1. The van der Waals surface area contributed by atoms with Crippen molar-refractivity contribution in [3.05, 3.63) is 64.7 Å². The number of hydrogen-bond acceptors (Lipinski definition) is 5. The maximum atomic E-state index is 12.5. The molecule has 27 heavy (non-hydrogen) atoms. The molecule has 0 fully saturated rings. The zero-order valence-corrected chi connectivity index (χ0v) is 15.9. The van der Waals surface area contributed by atoms with Gasteiger partial charge in [-0.2, -0.15) is 0 Å². The van der Waals surface area contributed by atoms with Gasteiger partial charge in [-0.3, -0.25) is 14.4 Å². The Morgan fingerprint density at radius 2 is 1.70 bits per heavy atom. The average molecular weight is 369 g/mol. The minimum Gasteiger partial charge on any atom is -0.497 e. The molecule has 0 unspecified atom stereocenters. The highest BCUT2D eigenvalue weighted by Gasteiger charge is 2.21. The van der Waals surface area contributed by atoms with E-state index in [4.69, 9.17) is 9.47 Å². The van der Waals surface area contributed by atoms with Crippen LogP contribution in [0.15, 0.2) is 42.5 Å². The third-order valence-corrected chi connectivity index (χ3v) is 4.08. The molecule has 1 amide bonds. The van der Waals surface area contributed by atoms with Crippen LogP contribution in [0.3, 0.4) is 0 Å². The molecular weight excluding hydrogens is 346 g/mol. The van der Waals surface area contributed by atoms with Crippen LogP contribution >= 0.6 is 0 Å². The van der Waals surface area contributed by atoms with E-state index < -0.39 is 18.0 Å². The van der Waals surface area contributed by atoms with Gasteiger partial charge in [-0.1, -0.05) is 17.7 Å². The molecule has 0 aliphatic rings. The van der Waals surface area contributed by atoms with Gasteiger partial charge in [0, 0.05) is 11.1 Å². The topological polar surface area (TPSA) is 81.7 Å². The molecule has 1 atom stereocenters. The lowest BCUT2D eigenvalue weighted by molar-refractivity contribution is -0.145. The van der Waals surface area contributed by atoms with Crippen molar-refractivity contribution in [1.29, 1.82) is 0 Å². The van der Waals surface area contributed by atoms with Gasteiger partial charge in [0.1, 0.15) is 12.3 Å². The first-order valence-electron chi connectivity index (χ1n) is 8.55. The zero-order valence-electron chi connectivity index (χ0n) is 15.9. The molecule has 0 aliphatic heterocycles. The van der Waals surface area contributed by atoms with Gasteiger partial charge in [-0.05, 0) is 56.7 Å². The van der Waals surface area contributed by atoms with Crippen LogP contribution in [0.5, 0.6) is 5.75 Å². The summed E-state index contributed by atoms with van der Waals surface area (Å²) in [6, 6.07) is 12.0. The third-order valence-electron chi connectivity index (χ3n) is 4.08. The van der Waals surface area contributed by atoms with Crippen molar-refractivity contribution in [2.24, 2.45) is 0 Å². The predicted octanol–water partition coefficient (Wildman–Crippen LogP) is 2.86. The molecule has 0 heterocycles. The van der Waals surface area contributed by atoms with E-state index in [1.165, 1.54) is 14.0 Å². The molecule has 0 spiro atoms. The van der Waals surface area contributed by atoms with Crippen molar-refractivity contribution in [1.82, 2.24) is 5.32 Å². The number of ether oxygens (including phenoxy) is 2. The summed E-state index contributed by atoms with van der Waals surface area (Å²) in [6.45, 7) is 4.92. The van der Waals surface area contributed by atoms with Crippen LogP contribution in [0, 0.1) is 13.8 Å². The van der Waals surface area contributed by atoms with E-state index in [2.05, 4.69) is 5.32 Å². The summed E-state index contributed by atoms with van der Waals surface area (Å²) < 4.78 is 10.2. The van der Waals surface area contributed by atoms with Crippen molar-refractivity contribution in [3.8, 4) is 5.75 Å². The van der Waals surface area contributed by atoms with Gasteiger partial charge in [0.05, 0.1) is 7.11 Å². The summed E-state index contributed by atoms with van der Waals surface area (Å²) >= 11 is 0. The number of ketones is 1. The Kier molecular flexibility index (Phi) is 6.71. The van der Waals surface area contributed by atoms with Crippen LogP contribution < -0.4 is 10.1 Å². The molecule has 0 bridgehead atoms. The van der Waals surface area contributed by atoms with Gasteiger partial charge in [0.15, 0.2) is 6.10 Å². The summed E-state index contributed by atoms with van der Waals surface area (Å²) in [5.74, 6) is -0.734. The highest BCUT2D eigenvalue weighted by atomic mass is 16.5. The second kappa shape index (κ2) is 8.98. The van der Waals surface area contributed by atoms with Crippen LogP contribution in [0.25, 0.3) is 0 Å². The highest BCUT2D eigenvalue weighted by Crippen LogP contribution is 2.14. The quantitative estimate of drug-likeness (QED) is 0.599. The molecule has 0 aromatic heterocycles. The fourth-order valence-electron chi connectivity index (χ4n) is 2.51. The summed E-state index contributed by atoms with van der Waals surface area (Å²) in [4.78, 5) is 36.5. The Labute approximate surface area is 158 Å². The molecule has 0 radical (unpaired) electrons. The van der Waals surface area contributed by atoms with E-state index in [1.807, 2.05) is 26.0 Å². The van der Waals surface area contributed by atoms with Gasteiger partial charge >= 0.3 is 5.97 Å². The molecule has 0 saturated carbocycles. The minimum absolute atomic E-state index is 0.272. The molecule has 142 valence electrons. The number of amides is 1. The van der Waals surface area contributed by atoms with Gasteiger partial charge in [-0.25, -0.2) is 0 Å². The van der Waals surface area contributed by atoms with E-state index >= 15 is 0 Å². The van der Waals surface area contributed by atoms with Gasteiger partial charge < -0.3 is 14.8 Å². The SMILES string of the molecule is COc1ccc(C(=O)NCC(=O)O[C@@H](C)C(=O)c2cc(C)ccc2C)cc1. The number of benzene rings is 2. The number of esters is 1. The Bertz CT molecular complexity index is 842. The first kappa shape index (κ1) is 20.2. The normalized spacial score (nSPS) is 11.4. The van der Waals surface area contributed by atoms with Crippen molar-refractivity contribution < 1.29 is 23.9 Å². The maximum Gasteiger partial charge on any atom is 0.326 e. The molecule has 2 aromatic rings. The molecular formula is C21H23NO5. The standard InChI is InChI=1S/C21H23NO5/c1-13-5-6-14(2)18(11-13)20(24)15(3)27-19(23)12-22-21(25)16-7-9-17(26-4)10-8-16/h5-11,15H,12H2,1-4H3,(H,22,25)/t15-/m0/s1. The van der Waals surface area contributed by atoms with Crippen LogP contribution in [0.1, 0.15) is 38.8 Å². The number of carbonyl (C=O) groups excluding carboxylic acids is 3. The lowest BCUT2D eigenvalue weighted by Gasteiger charge is -2.14. The first-order valence-corrected chi connectivity index (χ1v) is 8.55. The number of methoxy groups -OCH3 is 1. The lowest BCUT2D eigenvalue weighted by Crippen LogP contribution is -2.34. The van der Waals surface area contributed by atoms with E-state index in [0.717, 1.165) is 11.1 Å². The monoisotopic (exact) mass is 369 g/mol. The molecule has 2 rings (SSSR count). The summed E-state index contributed by atoms with van der Waals surface area (Å²) in [7, 11) is 1.53. The number of rotatable bonds is 7. The Morgan fingerprint density at radius 3 is 2.33 bits per heavy atom. The predicted molar refractivity (Wildman–Crippen MR) is 101 cm³/mol. The molecule has 6 nitrogen and oxygen atoms in total. The van der Waals surface area contributed by atoms with E-state index in [-0.39, 0.29) is 12.3 Å². The van der Waals surface area contributed by atoms with Gasteiger partial charge in [0.2, 0.25) is 5.78 Å². The fraction of sp³-hybridized carbons (Fsp3) is 0.286. The van der Waals surface area contributed by atoms with E-state index in [1.54, 1.807) is 30.3 Å². The molecule has 0 aliphatic carbocycles. The number of Topliss-reactive ketones (excluding diaryl/α,β-unsaturated/α-hetero) is 1. The Balaban J connectivity index is 1.89. The summed E-state index contributed by atoms with van der Waals surface area (Å²) in [5, 5.41) is 2.48. The third kappa shape index (κ3) is 5.41. The van der Waals surface area contributed by atoms with Gasteiger partial charge in [0.25, 0.3) is 5.91 Å². The van der Waals surface area contributed by atoms with Crippen molar-refractivity contribution in [3.63, 3.8) is 0 Å². The maximum absolute atomic E-state index is 12.5. The minimum atomic E-state index is -0.934. The van der Waals surface area contributed by atoms with Crippen molar-refractivity contribution in [2.75, 3.05) is 13.7 Å². The van der Waals surface area contributed by atoms with Crippen molar-refractivity contribution >= 4 is 17.7 Å².